The van der Waals surface area contributed by atoms with E-state index in [9.17, 15) is 33.4 Å². The first-order chi connectivity index (χ1) is 11.6. The fourth-order valence-corrected chi connectivity index (χ4v) is 3.00. The third-order valence-corrected chi connectivity index (χ3v) is 4.01. The summed E-state index contributed by atoms with van der Waals surface area (Å²) in [7, 11) is 0. The monoisotopic (exact) mass is 357 g/mol. The molecule has 25 heavy (non-hydrogen) atoms. The molecule has 0 fully saturated rings. The van der Waals surface area contributed by atoms with Crippen LogP contribution >= 0.6 is 0 Å². The lowest BCUT2D eigenvalue weighted by molar-refractivity contribution is -0.516. The average Bonchev–Trinajstić information content (AvgIpc) is 2.52. The summed E-state index contributed by atoms with van der Waals surface area (Å²) in [5, 5.41) is 23.0. The second-order valence-electron chi connectivity index (χ2n) is 5.49. The highest BCUT2D eigenvalue weighted by Gasteiger charge is 2.51. The largest absolute Gasteiger partial charge is 0.416 e. The molecule has 0 aromatic heterocycles. The number of nitrogens with zero attached hydrogens (tertiary/aromatic N) is 3. The van der Waals surface area contributed by atoms with Crippen molar-refractivity contribution in [1.29, 1.82) is 0 Å². The number of benzene rings is 1. The molecule has 1 aromatic rings. The Morgan fingerprint density at radius 3 is 2.28 bits per heavy atom. The lowest BCUT2D eigenvalue weighted by atomic mass is 9.81. The molecule has 1 aliphatic rings. The van der Waals surface area contributed by atoms with Crippen LogP contribution in [0.2, 0.25) is 0 Å². The molecular weight excluding hydrogens is 343 g/mol. The molecule has 0 bridgehead atoms. The summed E-state index contributed by atoms with van der Waals surface area (Å²) in [6.07, 6.45) is -4.73. The molecule has 134 valence electrons. The zero-order chi connectivity index (χ0) is 18.9. The standard InChI is InChI=1S/C15H14F3N3O4/c1-3-11-14(21(24)25)12(13(20(22)23)8(2)19-11)9-6-4-5-7-10(9)15(16,17)18/h4-7,12-13H,3H2,1-2H3. The van der Waals surface area contributed by atoms with Crippen LogP contribution in [-0.4, -0.2) is 21.6 Å². The first kappa shape index (κ1) is 18.6. The van der Waals surface area contributed by atoms with Crippen LogP contribution in [0, 0.1) is 20.2 Å². The van der Waals surface area contributed by atoms with E-state index in [-0.39, 0.29) is 17.8 Å². The molecule has 10 heteroatoms. The predicted molar refractivity (Wildman–Crippen MR) is 82.4 cm³/mol. The molecule has 1 heterocycles. The summed E-state index contributed by atoms with van der Waals surface area (Å²) in [4.78, 5) is 25.2. The molecule has 7 nitrogen and oxygen atoms in total. The van der Waals surface area contributed by atoms with Gasteiger partial charge >= 0.3 is 6.18 Å². The van der Waals surface area contributed by atoms with Crippen molar-refractivity contribution in [2.75, 3.05) is 0 Å². The normalized spacial score (nSPS) is 21.1. The minimum Gasteiger partial charge on any atom is -0.264 e. The van der Waals surface area contributed by atoms with Gasteiger partial charge in [0.1, 0.15) is 5.70 Å². The number of hydrogen-bond donors (Lipinski definition) is 0. The lowest BCUT2D eigenvalue weighted by Gasteiger charge is -2.26. The van der Waals surface area contributed by atoms with Crippen molar-refractivity contribution >= 4 is 5.71 Å². The zero-order valence-corrected chi connectivity index (χ0v) is 13.3. The molecular formula is C15H14F3N3O4. The van der Waals surface area contributed by atoms with Crippen LogP contribution in [0.5, 0.6) is 0 Å². The first-order valence-corrected chi connectivity index (χ1v) is 7.31. The lowest BCUT2D eigenvalue weighted by Crippen LogP contribution is -2.40. The summed E-state index contributed by atoms with van der Waals surface area (Å²) in [6, 6.07) is 2.47. The Balaban J connectivity index is 2.83. The number of halogens is 3. The van der Waals surface area contributed by atoms with E-state index in [0.717, 1.165) is 18.2 Å². The van der Waals surface area contributed by atoms with E-state index in [4.69, 9.17) is 0 Å². The minimum atomic E-state index is -4.80. The Hall–Kier alpha value is -2.78. The van der Waals surface area contributed by atoms with Gasteiger partial charge in [0.2, 0.25) is 0 Å². The summed E-state index contributed by atoms with van der Waals surface area (Å²) < 4.78 is 40.0. The molecule has 0 radical (unpaired) electrons. The fourth-order valence-electron chi connectivity index (χ4n) is 3.00. The number of rotatable bonds is 4. The SMILES string of the molecule is CCC1=C([N+](=O)[O-])C(c2ccccc2C(F)(F)F)C([N+](=O)[O-])C(C)=N1. The highest BCUT2D eigenvalue weighted by atomic mass is 19.4. The third kappa shape index (κ3) is 3.37. The van der Waals surface area contributed by atoms with Crippen LogP contribution in [-0.2, 0) is 6.18 Å². The quantitative estimate of drug-likeness (QED) is 0.604. The van der Waals surface area contributed by atoms with E-state index in [1.165, 1.54) is 13.0 Å². The van der Waals surface area contributed by atoms with Gasteiger partial charge in [-0.1, -0.05) is 25.1 Å². The Morgan fingerprint density at radius 1 is 1.20 bits per heavy atom. The van der Waals surface area contributed by atoms with Crippen LogP contribution in [0.25, 0.3) is 0 Å². The van der Waals surface area contributed by atoms with E-state index in [2.05, 4.69) is 4.99 Å². The van der Waals surface area contributed by atoms with Crippen molar-refractivity contribution < 1.29 is 23.0 Å². The maximum atomic E-state index is 13.3. The smallest absolute Gasteiger partial charge is 0.264 e. The first-order valence-electron chi connectivity index (χ1n) is 7.31. The molecule has 0 saturated heterocycles. The minimum absolute atomic E-state index is 0.0532. The van der Waals surface area contributed by atoms with Gasteiger partial charge in [0.05, 0.1) is 16.2 Å². The Morgan fingerprint density at radius 2 is 1.80 bits per heavy atom. The van der Waals surface area contributed by atoms with Crippen molar-refractivity contribution in [2.45, 2.75) is 38.4 Å². The van der Waals surface area contributed by atoms with Gasteiger partial charge in [-0.05, 0) is 25.0 Å². The number of aliphatic imine (C=N–C) groups is 1. The van der Waals surface area contributed by atoms with Crippen molar-refractivity contribution in [3.8, 4) is 0 Å². The molecule has 2 atom stereocenters. The molecule has 0 spiro atoms. The summed E-state index contributed by atoms with van der Waals surface area (Å²) in [5.41, 5.74) is -2.40. The van der Waals surface area contributed by atoms with Gasteiger partial charge in [-0.2, -0.15) is 13.2 Å². The van der Waals surface area contributed by atoms with Gasteiger partial charge in [0.25, 0.3) is 11.7 Å². The van der Waals surface area contributed by atoms with Crippen LogP contribution in [0.1, 0.15) is 37.3 Å². The van der Waals surface area contributed by atoms with Crippen LogP contribution in [0.15, 0.2) is 40.7 Å². The average molecular weight is 357 g/mol. The second kappa shape index (κ2) is 6.61. The van der Waals surface area contributed by atoms with Crippen LogP contribution in [0.3, 0.4) is 0 Å². The van der Waals surface area contributed by atoms with Gasteiger partial charge in [-0.15, -0.1) is 0 Å². The molecule has 0 aliphatic carbocycles. The molecule has 1 aliphatic heterocycles. The Labute approximate surface area is 140 Å². The van der Waals surface area contributed by atoms with Crippen molar-refractivity contribution in [1.82, 2.24) is 0 Å². The van der Waals surface area contributed by atoms with E-state index >= 15 is 0 Å². The highest BCUT2D eigenvalue weighted by molar-refractivity contribution is 5.89. The van der Waals surface area contributed by atoms with E-state index in [0.29, 0.717) is 0 Å². The van der Waals surface area contributed by atoms with Crippen LogP contribution < -0.4 is 0 Å². The number of hydrogen-bond acceptors (Lipinski definition) is 5. The van der Waals surface area contributed by atoms with Gasteiger partial charge < -0.3 is 0 Å². The summed E-state index contributed by atoms with van der Waals surface area (Å²) in [5.74, 6) is -1.67. The second-order valence-corrected chi connectivity index (χ2v) is 5.49. The van der Waals surface area contributed by atoms with Gasteiger partial charge in [0.15, 0.2) is 5.92 Å². The van der Waals surface area contributed by atoms with E-state index in [1.807, 2.05) is 0 Å². The van der Waals surface area contributed by atoms with Crippen molar-refractivity contribution in [2.24, 2.45) is 4.99 Å². The fraction of sp³-hybridized carbons (Fsp3) is 0.400. The molecule has 2 unspecified atom stereocenters. The van der Waals surface area contributed by atoms with Gasteiger partial charge in [-0.3, -0.25) is 20.2 Å². The van der Waals surface area contributed by atoms with Crippen molar-refractivity contribution in [3.05, 3.63) is 67.0 Å². The van der Waals surface area contributed by atoms with Gasteiger partial charge in [0, 0.05) is 4.92 Å². The van der Waals surface area contributed by atoms with Crippen LogP contribution in [0.4, 0.5) is 13.2 Å². The molecule has 0 amide bonds. The number of alkyl halides is 3. The Kier molecular flexibility index (Phi) is 4.91. The highest BCUT2D eigenvalue weighted by Crippen LogP contribution is 2.43. The maximum Gasteiger partial charge on any atom is 0.416 e. The number of allylic oxidation sites excluding steroid dienone is 1. The topological polar surface area (TPSA) is 98.6 Å². The van der Waals surface area contributed by atoms with E-state index < -0.39 is 44.8 Å². The zero-order valence-electron chi connectivity index (χ0n) is 13.3. The molecule has 0 saturated carbocycles. The molecule has 0 N–H and O–H groups in total. The molecule has 2 rings (SSSR count). The Bertz CT molecular complexity index is 786. The predicted octanol–water partition coefficient (Wildman–Crippen LogP) is 3.81. The number of nitro groups is 2. The summed E-state index contributed by atoms with van der Waals surface area (Å²) >= 11 is 0. The third-order valence-electron chi connectivity index (χ3n) is 4.01. The maximum absolute atomic E-state index is 13.3. The van der Waals surface area contributed by atoms with Crippen molar-refractivity contribution in [3.63, 3.8) is 0 Å². The summed E-state index contributed by atoms with van der Waals surface area (Å²) in [6.45, 7) is 2.85. The van der Waals surface area contributed by atoms with Gasteiger partial charge in [-0.25, -0.2) is 4.99 Å². The van der Waals surface area contributed by atoms with E-state index in [1.54, 1.807) is 6.92 Å². The molecule has 1 aromatic carbocycles.